The molecule has 1 aliphatic rings. The third-order valence-corrected chi connectivity index (χ3v) is 2.73. The summed E-state index contributed by atoms with van der Waals surface area (Å²) in [6.45, 7) is 5.07. The first-order valence-electron chi connectivity index (χ1n) is 5.90. The Balaban J connectivity index is 1.97. The third-order valence-electron chi connectivity index (χ3n) is 2.73. The average molecular weight is 232 g/mol. The van der Waals surface area contributed by atoms with Gasteiger partial charge in [-0.25, -0.2) is 0 Å². The van der Waals surface area contributed by atoms with Crippen molar-refractivity contribution in [2.45, 2.75) is 18.6 Å². The normalized spacial score (nSPS) is 23.2. The Hall–Kier alpha value is -0.200. The van der Waals surface area contributed by atoms with Crippen LogP contribution >= 0.6 is 0 Å². The van der Waals surface area contributed by atoms with Crippen LogP contribution in [0, 0.1) is 0 Å². The van der Waals surface area contributed by atoms with Gasteiger partial charge < -0.3 is 24.8 Å². The highest BCUT2D eigenvalue weighted by molar-refractivity contribution is 4.71. The zero-order valence-electron chi connectivity index (χ0n) is 10.3. The molecule has 0 aromatic heterocycles. The van der Waals surface area contributed by atoms with Crippen LogP contribution in [0.5, 0.6) is 0 Å². The van der Waals surface area contributed by atoms with Crippen molar-refractivity contribution in [3.8, 4) is 0 Å². The van der Waals surface area contributed by atoms with E-state index in [1.54, 1.807) is 14.2 Å². The van der Waals surface area contributed by atoms with Gasteiger partial charge in [0.2, 0.25) is 0 Å². The molecular formula is C11H24N2O3. The lowest BCUT2D eigenvalue weighted by molar-refractivity contribution is 0.0284. The molecule has 0 aromatic carbocycles. The third kappa shape index (κ3) is 5.77. The number of hydrogen-bond donors (Lipinski definition) is 2. The molecule has 2 N–H and O–H groups in total. The van der Waals surface area contributed by atoms with Crippen LogP contribution in [-0.4, -0.2) is 65.8 Å². The maximum atomic E-state index is 5.38. The van der Waals surface area contributed by atoms with Crippen molar-refractivity contribution < 1.29 is 14.2 Å². The van der Waals surface area contributed by atoms with E-state index < -0.39 is 0 Å². The topological polar surface area (TPSA) is 51.8 Å². The quantitative estimate of drug-likeness (QED) is 0.559. The largest absolute Gasteiger partial charge is 0.382 e. The molecule has 1 fully saturated rings. The molecular weight excluding hydrogens is 208 g/mol. The molecule has 1 aliphatic heterocycles. The molecule has 0 aliphatic carbocycles. The van der Waals surface area contributed by atoms with Crippen molar-refractivity contribution in [2.24, 2.45) is 0 Å². The van der Waals surface area contributed by atoms with Crippen molar-refractivity contribution in [3.63, 3.8) is 0 Å². The summed E-state index contributed by atoms with van der Waals surface area (Å²) >= 11 is 0. The van der Waals surface area contributed by atoms with E-state index >= 15 is 0 Å². The molecule has 0 spiro atoms. The van der Waals surface area contributed by atoms with Gasteiger partial charge in [0, 0.05) is 33.4 Å². The number of rotatable bonds is 8. The molecule has 0 aromatic rings. The molecule has 0 bridgehead atoms. The molecule has 0 saturated carbocycles. The van der Waals surface area contributed by atoms with Crippen LogP contribution in [0.3, 0.4) is 0 Å². The fraction of sp³-hybridized carbons (Fsp3) is 1.00. The van der Waals surface area contributed by atoms with Crippen molar-refractivity contribution in [2.75, 3.05) is 53.7 Å². The summed E-state index contributed by atoms with van der Waals surface area (Å²) in [5.41, 5.74) is 0. The van der Waals surface area contributed by atoms with Crippen molar-refractivity contribution in [1.29, 1.82) is 0 Å². The number of nitrogens with one attached hydrogen (secondary N) is 2. The Morgan fingerprint density at radius 1 is 1.50 bits per heavy atom. The first kappa shape index (κ1) is 13.9. The summed E-state index contributed by atoms with van der Waals surface area (Å²) in [6, 6.07) is 0.490. The molecule has 0 radical (unpaired) electrons. The Morgan fingerprint density at radius 3 is 3.00 bits per heavy atom. The fourth-order valence-corrected chi connectivity index (χ4v) is 1.74. The summed E-state index contributed by atoms with van der Waals surface area (Å²) < 4.78 is 15.7. The van der Waals surface area contributed by atoms with E-state index in [0.29, 0.717) is 12.6 Å². The molecule has 1 saturated heterocycles. The molecule has 16 heavy (non-hydrogen) atoms. The van der Waals surface area contributed by atoms with Crippen molar-refractivity contribution in [3.05, 3.63) is 0 Å². The second-order valence-electron chi connectivity index (χ2n) is 4.03. The van der Waals surface area contributed by atoms with Gasteiger partial charge in [0.1, 0.15) is 0 Å². The van der Waals surface area contributed by atoms with Gasteiger partial charge in [0.25, 0.3) is 0 Å². The molecule has 2 unspecified atom stereocenters. The number of hydrogen-bond acceptors (Lipinski definition) is 5. The summed E-state index contributed by atoms with van der Waals surface area (Å²) in [6.07, 6.45) is 1.23. The predicted octanol–water partition coefficient (Wildman–Crippen LogP) is -0.384. The van der Waals surface area contributed by atoms with Gasteiger partial charge in [0.15, 0.2) is 0 Å². The van der Waals surface area contributed by atoms with Crippen LogP contribution in [0.15, 0.2) is 0 Å². The van der Waals surface area contributed by atoms with Gasteiger partial charge >= 0.3 is 0 Å². The Labute approximate surface area is 97.8 Å². The van der Waals surface area contributed by atoms with E-state index in [-0.39, 0.29) is 6.10 Å². The lowest BCUT2D eigenvalue weighted by Gasteiger charge is -2.24. The lowest BCUT2D eigenvalue weighted by Crippen LogP contribution is -2.43. The van der Waals surface area contributed by atoms with Crippen LogP contribution in [-0.2, 0) is 14.2 Å². The highest BCUT2D eigenvalue weighted by atomic mass is 16.5. The van der Waals surface area contributed by atoms with Crippen molar-refractivity contribution in [1.82, 2.24) is 10.6 Å². The lowest BCUT2D eigenvalue weighted by atomic mass is 10.2. The van der Waals surface area contributed by atoms with Crippen LogP contribution in [0.4, 0.5) is 0 Å². The second kappa shape index (κ2) is 8.90. The second-order valence-corrected chi connectivity index (χ2v) is 4.03. The minimum Gasteiger partial charge on any atom is -0.382 e. The number of methoxy groups -OCH3 is 2. The molecule has 0 amide bonds. The van der Waals surface area contributed by atoms with Crippen LogP contribution in [0.1, 0.15) is 6.42 Å². The first-order valence-corrected chi connectivity index (χ1v) is 5.90. The van der Waals surface area contributed by atoms with E-state index in [9.17, 15) is 0 Å². The maximum Gasteiger partial charge on any atom is 0.0928 e. The van der Waals surface area contributed by atoms with Gasteiger partial charge in [-0.1, -0.05) is 0 Å². The van der Waals surface area contributed by atoms with Crippen LogP contribution in [0.25, 0.3) is 0 Å². The van der Waals surface area contributed by atoms with Crippen LogP contribution < -0.4 is 10.6 Å². The molecule has 5 heteroatoms. The summed E-state index contributed by atoms with van der Waals surface area (Å²) in [7, 11) is 3.40. The predicted molar refractivity (Wildman–Crippen MR) is 62.8 cm³/mol. The van der Waals surface area contributed by atoms with E-state index in [4.69, 9.17) is 14.2 Å². The summed E-state index contributed by atoms with van der Waals surface area (Å²) in [5, 5.41) is 6.79. The van der Waals surface area contributed by atoms with E-state index in [1.165, 1.54) is 0 Å². The smallest absolute Gasteiger partial charge is 0.0928 e. The fourth-order valence-electron chi connectivity index (χ4n) is 1.74. The molecule has 96 valence electrons. The average Bonchev–Trinajstić information content (AvgIpc) is 2.34. The SMILES string of the molecule is COCC(CNCCC1COCCN1)OC. The highest BCUT2D eigenvalue weighted by Crippen LogP contribution is 1.97. The molecule has 1 heterocycles. The number of morpholine rings is 1. The van der Waals surface area contributed by atoms with Crippen LogP contribution in [0.2, 0.25) is 0 Å². The molecule has 1 rings (SSSR count). The summed E-state index contributed by atoms with van der Waals surface area (Å²) in [4.78, 5) is 0. The van der Waals surface area contributed by atoms with Gasteiger partial charge in [-0.05, 0) is 13.0 Å². The number of ether oxygens (including phenoxy) is 3. The van der Waals surface area contributed by atoms with E-state index in [1.807, 2.05) is 0 Å². The minimum atomic E-state index is 0.139. The summed E-state index contributed by atoms with van der Waals surface area (Å²) in [5.74, 6) is 0. The van der Waals surface area contributed by atoms with E-state index in [2.05, 4.69) is 10.6 Å². The monoisotopic (exact) mass is 232 g/mol. The first-order chi connectivity index (χ1) is 7.86. The maximum absolute atomic E-state index is 5.38. The van der Waals surface area contributed by atoms with E-state index in [0.717, 1.165) is 39.3 Å². The Kier molecular flexibility index (Phi) is 7.71. The van der Waals surface area contributed by atoms with Gasteiger partial charge in [-0.3, -0.25) is 0 Å². The zero-order chi connectivity index (χ0) is 11.6. The van der Waals surface area contributed by atoms with Gasteiger partial charge in [0.05, 0.1) is 25.9 Å². The molecule has 5 nitrogen and oxygen atoms in total. The standard InChI is InChI=1S/C11H24N2O3/c1-14-9-11(15-2)7-12-4-3-10-8-16-6-5-13-10/h10-13H,3-9H2,1-2H3. The van der Waals surface area contributed by atoms with Gasteiger partial charge in [-0.2, -0.15) is 0 Å². The highest BCUT2D eigenvalue weighted by Gasteiger charge is 2.12. The van der Waals surface area contributed by atoms with Crippen molar-refractivity contribution >= 4 is 0 Å². The minimum absolute atomic E-state index is 0.139. The Bertz CT molecular complexity index is 157. The molecule has 2 atom stereocenters. The zero-order valence-corrected chi connectivity index (χ0v) is 10.3. The Morgan fingerprint density at radius 2 is 2.38 bits per heavy atom. The van der Waals surface area contributed by atoms with Gasteiger partial charge in [-0.15, -0.1) is 0 Å².